The van der Waals surface area contributed by atoms with Crippen molar-refractivity contribution in [1.82, 2.24) is 19.6 Å². The second-order valence-corrected chi connectivity index (χ2v) is 28.6. The number of aliphatic imine (C=N–C) groups is 4. The van der Waals surface area contributed by atoms with Crippen molar-refractivity contribution in [3.05, 3.63) is 0 Å². The molecule has 0 saturated heterocycles. The van der Waals surface area contributed by atoms with Gasteiger partial charge in [-0.1, -0.05) is 109 Å². The van der Waals surface area contributed by atoms with Gasteiger partial charge in [-0.3, -0.25) is 38.8 Å². The van der Waals surface area contributed by atoms with E-state index in [2.05, 4.69) is 122 Å². The van der Waals surface area contributed by atoms with Crippen LogP contribution >= 0.6 is 0 Å². The second-order valence-electron chi connectivity index (χ2n) is 28.6. The zero-order valence-corrected chi connectivity index (χ0v) is 63.5. The number of aliphatic hydroxyl groups is 4. The fourth-order valence-electron chi connectivity index (χ4n) is 14.2. The Morgan fingerprint density at radius 1 is 0.347 bits per heavy atom. The van der Waals surface area contributed by atoms with Crippen molar-refractivity contribution in [2.24, 2.45) is 91.0 Å². The van der Waals surface area contributed by atoms with Gasteiger partial charge in [0.25, 0.3) is 47.7 Å². The van der Waals surface area contributed by atoms with E-state index < -0.39 is 72.1 Å². The van der Waals surface area contributed by atoms with E-state index in [4.69, 9.17) is 18.9 Å². The molecule has 4 aliphatic heterocycles. The average Bonchev–Trinajstić information content (AvgIpc) is 1.68. The summed E-state index contributed by atoms with van der Waals surface area (Å²) in [6.07, 6.45) is 13.2. The molecule has 4 aliphatic carbocycles. The van der Waals surface area contributed by atoms with Crippen molar-refractivity contribution < 1.29 is 136 Å². The van der Waals surface area contributed by atoms with Crippen molar-refractivity contribution >= 4 is 71.6 Å². The smallest absolute Gasteiger partial charge is 0.332 e. The van der Waals surface area contributed by atoms with E-state index >= 15 is 0 Å². The summed E-state index contributed by atoms with van der Waals surface area (Å²) >= 11 is 0. The van der Waals surface area contributed by atoms with Gasteiger partial charge in [0.15, 0.2) is 24.2 Å². The molecule has 4 amide bonds. The SMILES string of the molecule is COC(=O)[C@@H]1CN(C(=O)CO[C@H]2C[C@@H](C)CC[C@@H]2C(C)C)C(O)=N1.COC(=O)[C@@H]1CN(C(=O)CO[C@H]2C[C@@H](C)CC[C@@H]2C(C)C)C(O)=N1.COC(=O)[C@@H]1CN(C(=O)CO[C@H]2C[C@@H](C)CC[C@@H]2C(C)C)C(O)=N1.COC(=O)[C@@H]1CN(C(=O)CO[C@H]2C[C@@H](C)CC[C@@H]2C(C)C)C(O)=N1.[Rh].[Rh]. The molecule has 4 N–H and O–H groups in total. The molecule has 30 heteroatoms. The van der Waals surface area contributed by atoms with Crippen LogP contribution in [0.2, 0.25) is 0 Å². The van der Waals surface area contributed by atoms with Gasteiger partial charge >= 0.3 is 23.9 Å². The Morgan fingerprint density at radius 2 is 0.520 bits per heavy atom. The fourth-order valence-corrected chi connectivity index (χ4v) is 14.2. The maximum atomic E-state index is 12.3. The zero-order valence-electron chi connectivity index (χ0n) is 60.3. The summed E-state index contributed by atoms with van der Waals surface area (Å²) in [7, 11) is 5.00. The number of carbonyl (C=O) groups excluding carboxylic acids is 8. The van der Waals surface area contributed by atoms with Crippen LogP contribution in [0.25, 0.3) is 0 Å². The minimum atomic E-state index is -0.864. The Morgan fingerprint density at radius 3 is 0.673 bits per heavy atom. The van der Waals surface area contributed by atoms with Gasteiger partial charge in [-0.25, -0.2) is 39.1 Å². The first-order valence-electron chi connectivity index (χ1n) is 34.4. The van der Waals surface area contributed by atoms with E-state index in [1.807, 2.05) is 0 Å². The Kier molecular flexibility index (Phi) is 36.9. The third-order valence-corrected chi connectivity index (χ3v) is 20.1. The Labute approximate surface area is 604 Å². The van der Waals surface area contributed by atoms with Gasteiger partial charge in [-0.15, -0.1) is 0 Å². The number of amides is 4. The van der Waals surface area contributed by atoms with Gasteiger partial charge in [0.05, 0.1) is 79.0 Å². The Balaban J connectivity index is 0.000000338. The number of nitrogens with zero attached hydrogens (tertiary/aromatic N) is 8. The third kappa shape index (κ3) is 25.1. The third-order valence-electron chi connectivity index (χ3n) is 20.1. The van der Waals surface area contributed by atoms with Gasteiger partial charge in [-0.2, -0.15) is 0 Å². The summed E-state index contributed by atoms with van der Waals surface area (Å²) in [6.45, 7) is 25.8. The number of aliphatic hydroxyl groups excluding tert-OH is 4. The van der Waals surface area contributed by atoms with Crippen LogP contribution in [0.3, 0.4) is 0 Å². The molecule has 16 atom stereocenters. The van der Waals surface area contributed by atoms with Crippen molar-refractivity contribution in [2.75, 3.05) is 81.0 Å². The molecule has 0 unspecified atom stereocenters. The second kappa shape index (κ2) is 41.6. The quantitative estimate of drug-likeness (QED) is 0.0539. The minimum absolute atomic E-state index is 0. The van der Waals surface area contributed by atoms with E-state index in [0.717, 1.165) is 71.0 Å². The van der Waals surface area contributed by atoms with Crippen LogP contribution in [0.15, 0.2) is 20.0 Å². The summed E-state index contributed by atoms with van der Waals surface area (Å²) in [4.78, 5) is 115. The van der Waals surface area contributed by atoms with E-state index in [9.17, 15) is 58.8 Å². The molecule has 4 saturated carbocycles. The van der Waals surface area contributed by atoms with Crippen molar-refractivity contribution in [1.29, 1.82) is 0 Å². The fraction of sp³-hybridized carbons (Fsp3) is 0.824. The van der Waals surface area contributed by atoms with E-state index in [1.165, 1.54) is 54.1 Å². The van der Waals surface area contributed by atoms with Crippen molar-refractivity contribution in [2.45, 2.75) is 209 Å². The van der Waals surface area contributed by atoms with Crippen LogP contribution < -0.4 is 0 Å². The molecule has 0 spiro atoms. The van der Waals surface area contributed by atoms with Gasteiger partial charge in [-0.05, 0) is 122 Å². The van der Waals surface area contributed by atoms with Crippen LogP contribution in [0, 0.1) is 71.0 Å². The largest absolute Gasteiger partial charge is 0.480 e. The summed E-state index contributed by atoms with van der Waals surface area (Å²) in [6, 6.07) is -5.25. The first-order chi connectivity index (χ1) is 45.3. The number of hydrogen-bond donors (Lipinski definition) is 4. The molecular formula is C68H112N8O20Rh2. The van der Waals surface area contributed by atoms with Crippen LogP contribution in [0.4, 0.5) is 0 Å². The molecule has 98 heavy (non-hydrogen) atoms. The van der Waals surface area contributed by atoms with E-state index in [0.29, 0.717) is 71.0 Å². The Bertz CT molecular complexity index is 2390. The first-order valence-corrected chi connectivity index (χ1v) is 34.4. The summed E-state index contributed by atoms with van der Waals surface area (Å²) in [5, 5.41) is 39.1. The number of rotatable bonds is 20. The molecule has 0 bridgehead atoms. The first kappa shape index (κ1) is 86.9. The standard InChI is InChI=1S/4C17H28N2O5.2Rh/c4*1-10(2)12-6-5-11(3)7-14(12)24-9-15(20)19-8-13(16(21)23-4)18-17(19)22;;/h4*10-14H,5-9H2,1-4H3,(H,18,22);;/t4*11-,12+,13-,14-;;/m0000../s1. The molecule has 8 aliphatic rings. The normalized spacial score (nSPS) is 29.8. The van der Waals surface area contributed by atoms with E-state index in [-0.39, 0.29) is 140 Å². The number of amidine groups is 4. The molecule has 2 radical (unpaired) electrons. The number of carbonyl (C=O) groups is 8. The Hall–Kier alpha value is -5.27. The maximum absolute atomic E-state index is 12.3. The van der Waals surface area contributed by atoms with Crippen LogP contribution in [0.5, 0.6) is 0 Å². The molecule has 0 aromatic heterocycles. The van der Waals surface area contributed by atoms with Crippen molar-refractivity contribution in [3.8, 4) is 0 Å². The van der Waals surface area contributed by atoms with Gasteiger partial charge in [0.2, 0.25) is 0 Å². The molecule has 562 valence electrons. The molecule has 0 aromatic carbocycles. The molecule has 4 heterocycles. The molecular weight excluding hydrogens is 1450 g/mol. The molecule has 28 nitrogen and oxygen atoms in total. The molecule has 4 fully saturated rings. The summed E-state index contributed by atoms with van der Waals surface area (Å²) < 4.78 is 42.0. The number of methoxy groups -OCH3 is 4. The zero-order chi connectivity index (χ0) is 71.4. The maximum Gasteiger partial charge on any atom is 0.332 e. The van der Waals surface area contributed by atoms with E-state index in [1.54, 1.807) is 0 Å². The predicted octanol–water partition coefficient (Wildman–Crippen LogP) is 7.04. The number of hydrogen-bond acceptors (Lipinski definition) is 20. The van der Waals surface area contributed by atoms with Gasteiger partial charge in [0.1, 0.15) is 26.4 Å². The van der Waals surface area contributed by atoms with Crippen molar-refractivity contribution in [3.63, 3.8) is 0 Å². The summed E-state index contributed by atoms with van der Waals surface area (Å²) in [5.41, 5.74) is 0. The minimum Gasteiger partial charge on any atom is -0.480 e. The predicted molar refractivity (Wildman–Crippen MR) is 355 cm³/mol. The summed E-state index contributed by atoms with van der Waals surface area (Å²) in [5.74, 6) is 2.31. The number of esters is 4. The molecule has 8 rings (SSSR count). The van der Waals surface area contributed by atoms with Gasteiger partial charge < -0.3 is 58.3 Å². The molecule has 0 aromatic rings. The van der Waals surface area contributed by atoms with Crippen LogP contribution in [-0.4, -0.2) is 241 Å². The monoisotopic (exact) mass is 1570 g/mol. The van der Waals surface area contributed by atoms with Crippen LogP contribution in [-0.2, 0) is 115 Å². The average molecular weight is 1570 g/mol. The van der Waals surface area contributed by atoms with Gasteiger partial charge in [0, 0.05) is 39.0 Å². The topological polar surface area (TPSA) is 354 Å². The van der Waals surface area contributed by atoms with Crippen LogP contribution in [0.1, 0.15) is 160 Å². The number of ether oxygens (including phenoxy) is 8.